The van der Waals surface area contributed by atoms with Gasteiger partial charge in [-0.1, -0.05) is 6.92 Å². The number of hydrogen-bond acceptors (Lipinski definition) is 3. The third kappa shape index (κ3) is 2.77. The zero-order valence-electron chi connectivity index (χ0n) is 10.6. The number of carbonyl (C=O) groups excluding carboxylic acids is 1. The Morgan fingerprint density at radius 2 is 2.18 bits per heavy atom. The van der Waals surface area contributed by atoms with Crippen LogP contribution in [0.1, 0.15) is 39.0 Å². The van der Waals surface area contributed by atoms with E-state index in [1.165, 1.54) is 0 Å². The highest BCUT2D eigenvalue weighted by Gasteiger charge is 2.48. The molecule has 0 radical (unpaired) electrons. The monoisotopic (exact) mass is 243 g/mol. The molecule has 1 atom stereocenters. The molecule has 1 unspecified atom stereocenters. The zero-order chi connectivity index (χ0) is 12.9. The minimum absolute atomic E-state index is 0.0659. The van der Waals surface area contributed by atoms with Crippen molar-refractivity contribution in [2.24, 2.45) is 0 Å². The molecule has 1 heterocycles. The summed E-state index contributed by atoms with van der Waals surface area (Å²) in [4.78, 5) is 24.9. The first-order chi connectivity index (χ1) is 8.08. The van der Waals surface area contributed by atoms with Crippen molar-refractivity contribution in [3.05, 3.63) is 0 Å². The van der Waals surface area contributed by atoms with E-state index in [1.807, 2.05) is 6.92 Å². The number of methoxy groups -OCH3 is 1. The van der Waals surface area contributed by atoms with Crippen LogP contribution in [0.25, 0.3) is 0 Å². The molecule has 0 saturated carbocycles. The Balaban J connectivity index is 2.67. The molecule has 1 saturated heterocycles. The second-order valence-electron chi connectivity index (χ2n) is 4.44. The average Bonchev–Trinajstić information content (AvgIpc) is 2.74. The van der Waals surface area contributed by atoms with Gasteiger partial charge in [-0.25, -0.2) is 4.79 Å². The van der Waals surface area contributed by atoms with E-state index in [9.17, 15) is 14.7 Å². The lowest BCUT2D eigenvalue weighted by molar-refractivity contribution is -0.157. The number of ether oxygens (including phenoxy) is 1. The molecule has 0 aromatic rings. The van der Waals surface area contributed by atoms with E-state index in [1.54, 1.807) is 12.0 Å². The molecule has 1 N–H and O–H groups in total. The number of aliphatic carboxylic acids is 1. The molecule has 1 fully saturated rings. The highest BCUT2D eigenvalue weighted by atomic mass is 16.5. The van der Waals surface area contributed by atoms with Crippen LogP contribution in [-0.4, -0.2) is 47.7 Å². The first-order valence-corrected chi connectivity index (χ1v) is 6.11. The third-order valence-electron chi connectivity index (χ3n) is 3.51. The summed E-state index contributed by atoms with van der Waals surface area (Å²) < 4.78 is 4.89. The van der Waals surface area contributed by atoms with Crippen LogP contribution in [0.4, 0.5) is 0 Å². The lowest BCUT2D eigenvalue weighted by Gasteiger charge is -2.34. The first-order valence-electron chi connectivity index (χ1n) is 6.11. The fraction of sp³-hybridized carbons (Fsp3) is 0.833. The van der Waals surface area contributed by atoms with Gasteiger partial charge in [-0.3, -0.25) is 4.79 Å². The Labute approximate surface area is 102 Å². The van der Waals surface area contributed by atoms with Crippen LogP contribution < -0.4 is 0 Å². The number of carboxylic acids is 1. The van der Waals surface area contributed by atoms with Crippen LogP contribution in [0, 0.1) is 0 Å². The van der Waals surface area contributed by atoms with Crippen LogP contribution in [0.2, 0.25) is 0 Å². The van der Waals surface area contributed by atoms with Crippen LogP contribution in [0.3, 0.4) is 0 Å². The molecular formula is C12H21NO4. The summed E-state index contributed by atoms with van der Waals surface area (Å²) in [6.07, 6.45) is 2.82. The maximum Gasteiger partial charge on any atom is 0.329 e. The average molecular weight is 243 g/mol. The molecule has 1 aliphatic rings. The van der Waals surface area contributed by atoms with E-state index in [4.69, 9.17) is 4.74 Å². The van der Waals surface area contributed by atoms with Gasteiger partial charge in [0.25, 0.3) is 0 Å². The van der Waals surface area contributed by atoms with Gasteiger partial charge in [-0.05, 0) is 25.7 Å². The first kappa shape index (κ1) is 14.0. The number of rotatable bonds is 6. The minimum Gasteiger partial charge on any atom is -0.479 e. The van der Waals surface area contributed by atoms with Gasteiger partial charge < -0.3 is 14.7 Å². The number of carbonyl (C=O) groups is 2. The summed E-state index contributed by atoms with van der Waals surface area (Å²) in [5.41, 5.74) is -0.968. The number of amides is 1. The highest BCUT2D eigenvalue weighted by molar-refractivity contribution is 5.87. The maximum absolute atomic E-state index is 12.0. The molecule has 17 heavy (non-hydrogen) atoms. The van der Waals surface area contributed by atoms with E-state index in [0.29, 0.717) is 38.8 Å². The second kappa shape index (κ2) is 6.00. The predicted octanol–water partition coefficient (Wildman–Crippen LogP) is 1.27. The van der Waals surface area contributed by atoms with Gasteiger partial charge in [-0.2, -0.15) is 0 Å². The molecule has 0 spiro atoms. The summed E-state index contributed by atoms with van der Waals surface area (Å²) in [5.74, 6) is -0.943. The molecule has 0 aliphatic carbocycles. The van der Waals surface area contributed by atoms with Gasteiger partial charge in [0.1, 0.15) is 5.54 Å². The summed E-state index contributed by atoms with van der Waals surface area (Å²) >= 11 is 0. The topological polar surface area (TPSA) is 66.8 Å². The van der Waals surface area contributed by atoms with Gasteiger partial charge in [0.05, 0.1) is 0 Å². The van der Waals surface area contributed by atoms with Crippen molar-refractivity contribution in [3.63, 3.8) is 0 Å². The normalized spacial score (nSPS) is 24.0. The lowest BCUT2D eigenvalue weighted by Crippen LogP contribution is -2.52. The van der Waals surface area contributed by atoms with Crippen molar-refractivity contribution in [1.82, 2.24) is 4.90 Å². The molecule has 1 amide bonds. The van der Waals surface area contributed by atoms with Crippen molar-refractivity contribution in [1.29, 1.82) is 0 Å². The molecule has 5 heteroatoms. The largest absolute Gasteiger partial charge is 0.479 e. The van der Waals surface area contributed by atoms with E-state index < -0.39 is 11.5 Å². The smallest absolute Gasteiger partial charge is 0.329 e. The molecule has 0 aromatic heterocycles. The van der Waals surface area contributed by atoms with Crippen molar-refractivity contribution in [3.8, 4) is 0 Å². The van der Waals surface area contributed by atoms with E-state index in [2.05, 4.69) is 0 Å². The fourth-order valence-electron chi connectivity index (χ4n) is 2.49. The van der Waals surface area contributed by atoms with Gasteiger partial charge >= 0.3 is 5.97 Å². The number of likely N-dealkylation sites (tertiary alicyclic amines) is 1. The van der Waals surface area contributed by atoms with Gasteiger partial charge in [-0.15, -0.1) is 0 Å². The van der Waals surface area contributed by atoms with Crippen LogP contribution >= 0.6 is 0 Å². The number of carboxylic acid groups (broad SMARTS) is 1. The third-order valence-corrected chi connectivity index (χ3v) is 3.51. The molecular weight excluding hydrogens is 222 g/mol. The summed E-state index contributed by atoms with van der Waals surface area (Å²) in [6, 6.07) is 0. The minimum atomic E-state index is -0.968. The van der Waals surface area contributed by atoms with Gasteiger partial charge in [0, 0.05) is 26.7 Å². The Kier molecular flexibility index (Phi) is 4.93. The van der Waals surface area contributed by atoms with Crippen molar-refractivity contribution in [2.45, 2.75) is 44.6 Å². The summed E-state index contributed by atoms with van der Waals surface area (Å²) in [5, 5.41) is 9.34. The van der Waals surface area contributed by atoms with Crippen LogP contribution in [0.15, 0.2) is 0 Å². The van der Waals surface area contributed by atoms with Gasteiger partial charge in [0.15, 0.2) is 0 Å². The Morgan fingerprint density at radius 3 is 2.71 bits per heavy atom. The molecule has 0 aromatic carbocycles. The highest BCUT2D eigenvalue weighted by Crippen LogP contribution is 2.33. The Bertz CT molecular complexity index is 292. The molecule has 1 aliphatic heterocycles. The standard InChI is InChI=1S/C12H21NO4/c1-3-12(11(15)16)7-5-8-13(12)10(14)6-4-9-17-2/h3-9H2,1-2H3,(H,15,16). The predicted molar refractivity (Wildman–Crippen MR) is 62.7 cm³/mol. The maximum atomic E-state index is 12.0. The summed E-state index contributed by atoms with van der Waals surface area (Å²) in [6.45, 7) is 2.92. The van der Waals surface area contributed by atoms with E-state index in [-0.39, 0.29) is 5.91 Å². The van der Waals surface area contributed by atoms with E-state index in [0.717, 1.165) is 6.42 Å². The zero-order valence-corrected chi connectivity index (χ0v) is 10.6. The van der Waals surface area contributed by atoms with Gasteiger partial charge in [0.2, 0.25) is 5.91 Å². The fourth-order valence-corrected chi connectivity index (χ4v) is 2.49. The molecule has 98 valence electrons. The number of hydrogen-bond donors (Lipinski definition) is 1. The van der Waals surface area contributed by atoms with E-state index >= 15 is 0 Å². The molecule has 0 bridgehead atoms. The second-order valence-corrected chi connectivity index (χ2v) is 4.44. The Morgan fingerprint density at radius 1 is 1.47 bits per heavy atom. The van der Waals surface area contributed by atoms with Crippen molar-refractivity contribution >= 4 is 11.9 Å². The van der Waals surface area contributed by atoms with Crippen molar-refractivity contribution in [2.75, 3.05) is 20.3 Å². The summed E-state index contributed by atoms with van der Waals surface area (Å²) in [7, 11) is 1.59. The molecule has 5 nitrogen and oxygen atoms in total. The molecule has 1 rings (SSSR count). The Hall–Kier alpha value is -1.10. The quantitative estimate of drug-likeness (QED) is 0.713. The van der Waals surface area contributed by atoms with Crippen molar-refractivity contribution < 1.29 is 19.4 Å². The SMILES string of the molecule is CCC1(C(=O)O)CCCN1C(=O)CCCOC. The van der Waals surface area contributed by atoms with Crippen LogP contribution in [-0.2, 0) is 14.3 Å². The number of nitrogens with zero attached hydrogens (tertiary/aromatic N) is 1. The lowest BCUT2D eigenvalue weighted by atomic mass is 9.92. The van der Waals surface area contributed by atoms with Crippen LogP contribution in [0.5, 0.6) is 0 Å².